The third-order valence-electron chi connectivity index (χ3n) is 4.96. The van der Waals surface area contributed by atoms with E-state index in [4.69, 9.17) is 0 Å². The summed E-state index contributed by atoms with van der Waals surface area (Å²) in [6.45, 7) is 0. The highest BCUT2D eigenvalue weighted by molar-refractivity contribution is 6.03. The summed E-state index contributed by atoms with van der Waals surface area (Å²) in [5.74, 6) is 4.12. The summed E-state index contributed by atoms with van der Waals surface area (Å²) in [7, 11) is 0. The number of benzene rings is 1. The van der Waals surface area contributed by atoms with E-state index in [1.54, 1.807) is 0 Å². The Morgan fingerprint density at radius 2 is 1.81 bits per heavy atom. The van der Waals surface area contributed by atoms with Crippen molar-refractivity contribution in [2.75, 3.05) is 0 Å². The second-order valence-electron chi connectivity index (χ2n) is 5.51. The zero-order valence-electron chi connectivity index (χ0n) is 9.08. The van der Waals surface area contributed by atoms with Gasteiger partial charge >= 0.3 is 0 Å². The van der Waals surface area contributed by atoms with E-state index >= 15 is 0 Å². The number of oxime groups is 1. The lowest BCUT2D eigenvalue weighted by Gasteiger charge is -2.16. The topological polar surface area (TPSA) is 32.6 Å². The predicted molar refractivity (Wildman–Crippen MR) is 61.4 cm³/mol. The van der Waals surface area contributed by atoms with Gasteiger partial charge in [-0.15, -0.1) is 0 Å². The van der Waals surface area contributed by atoms with Gasteiger partial charge in [0.1, 0.15) is 0 Å². The molecule has 4 aliphatic carbocycles. The average Bonchev–Trinajstić information content (AvgIpc) is 2.76. The van der Waals surface area contributed by atoms with Crippen LogP contribution in [0.3, 0.4) is 0 Å². The Labute approximate surface area is 95.0 Å². The smallest absolute Gasteiger partial charge is 0.0904 e. The Morgan fingerprint density at radius 3 is 2.31 bits per heavy atom. The third kappa shape index (κ3) is 0.952. The largest absolute Gasteiger partial charge is 0.411 e. The molecule has 0 heterocycles. The SMILES string of the molecule is O/N=C(/c1ccccc1)[C@H]1C2C[C@H]3C1[C@@H]3C2. The maximum Gasteiger partial charge on any atom is 0.0904 e. The minimum Gasteiger partial charge on any atom is -0.411 e. The first-order valence-electron chi connectivity index (χ1n) is 6.17. The van der Waals surface area contributed by atoms with Crippen LogP contribution in [-0.4, -0.2) is 10.9 Å². The van der Waals surface area contributed by atoms with Crippen LogP contribution in [0.1, 0.15) is 18.4 Å². The molecule has 0 saturated heterocycles. The van der Waals surface area contributed by atoms with Crippen LogP contribution in [0.15, 0.2) is 35.5 Å². The molecule has 1 N–H and O–H groups in total. The minimum absolute atomic E-state index is 0.544. The lowest BCUT2D eigenvalue weighted by molar-refractivity contribution is 0.312. The summed E-state index contributed by atoms with van der Waals surface area (Å²) in [6.07, 6.45) is 2.76. The molecule has 2 nitrogen and oxygen atoms in total. The molecule has 0 aromatic heterocycles. The van der Waals surface area contributed by atoms with E-state index in [0.29, 0.717) is 5.92 Å². The molecule has 0 radical (unpaired) electrons. The molecule has 0 amide bonds. The van der Waals surface area contributed by atoms with Crippen molar-refractivity contribution < 1.29 is 5.21 Å². The fraction of sp³-hybridized carbons (Fsp3) is 0.500. The number of rotatable bonds is 2. The maximum absolute atomic E-state index is 9.30. The van der Waals surface area contributed by atoms with Crippen molar-refractivity contribution in [3.05, 3.63) is 35.9 Å². The van der Waals surface area contributed by atoms with Crippen molar-refractivity contribution in [2.24, 2.45) is 34.7 Å². The van der Waals surface area contributed by atoms with Crippen LogP contribution < -0.4 is 0 Å². The van der Waals surface area contributed by atoms with E-state index in [1.807, 2.05) is 18.2 Å². The standard InChI is InChI=1S/C14H15NO/c16-15-14(8-4-2-1-3-5-8)12-9-6-10-11(7-9)13(10)12/h1-5,9-13,16H,6-7H2/b15-14-/t9?,10-,11-,12+,13?/m1/s1. The second kappa shape index (κ2) is 2.88. The summed E-state index contributed by atoms with van der Waals surface area (Å²) < 4.78 is 0. The molecule has 4 saturated carbocycles. The molecule has 16 heavy (non-hydrogen) atoms. The highest BCUT2D eigenvalue weighted by Gasteiger charge is 2.69. The zero-order chi connectivity index (χ0) is 10.7. The third-order valence-corrected chi connectivity index (χ3v) is 4.96. The zero-order valence-corrected chi connectivity index (χ0v) is 9.08. The van der Waals surface area contributed by atoms with E-state index in [2.05, 4.69) is 17.3 Å². The fourth-order valence-electron chi connectivity index (χ4n) is 4.41. The molecule has 0 spiro atoms. The van der Waals surface area contributed by atoms with Gasteiger partial charge in [0, 0.05) is 5.92 Å². The van der Waals surface area contributed by atoms with E-state index in [0.717, 1.165) is 34.9 Å². The van der Waals surface area contributed by atoms with Crippen LogP contribution >= 0.6 is 0 Å². The van der Waals surface area contributed by atoms with Gasteiger partial charge in [-0.25, -0.2) is 0 Å². The van der Waals surface area contributed by atoms with Crippen molar-refractivity contribution in [1.29, 1.82) is 0 Å². The molecule has 4 bridgehead atoms. The lowest BCUT2D eigenvalue weighted by atomic mass is 9.89. The lowest BCUT2D eigenvalue weighted by Crippen LogP contribution is -2.19. The predicted octanol–water partition coefficient (Wildman–Crippen LogP) is 2.77. The molecular formula is C14H15NO. The molecule has 3 atom stereocenters. The van der Waals surface area contributed by atoms with Crippen molar-refractivity contribution >= 4 is 5.71 Å². The van der Waals surface area contributed by atoms with Gasteiger partial charge in [-0.05, 0) is 42.1 Å². The van der Waals surface area contributed by atoms with E-state index in [9.17, 15) is 5.21 Å². The van der Waals surface area contributed by atoms with E-state index in [1.165, 1.54) is 12.8 Å². The van der Waals surface area contributed by atoms with Gasteiger partial charge in [0.25, 0.3) is 0 Å². The molecule has 0 aliphatic heterocycles. The molecule has 82 valence electrons. The van der Waals surface area contributed by atoms with Gasteiger partial charge in [0.05, 0.1) is 5.71 Å². The normalized spacial score (nSPS) is 43.8. The first kappa shape index (κ1) is 8.80. The first-order chi connectivity index (χ1) is 7.90. The van der Waals surface area contributed by atoms with Crippen LogP contribution in [0, 0.1) is 29.6 Å². The summed E-state index contributed by atoms with van der Waals surface area (Å²) >= 11 is 0. The Balaban J connectivity index is 1.72. The summed E-state index contributed by atoms with van der Waals surface area (Å²) in [6, 6.07) is 10.2. The van der Waals surface area contributed by atoms with Gasteiger partial charge in [-0.3, -0.25) is 0 Å². The molecule has 4 fully saturated rings. The highest BCUT2D eigenvalue weighted by Crippen LogP contribution is 2.73. The number of hydrogen-bond acceptors (Lipinski definition) is 2. The molecule has 2 heteroatoms. The quantitative estimate of drug-likeness (QED) is 0.457. The van der Waals surface area contributed by atoms with E-state index < -0.39 is 0 Å². The number of nitrogens with zero attached hydrogens (tertiary/aromatic N) is 1. The van der Waals surface area contributed by atoms with Crippen molar-refractivity contribution in [3.63, 3.8) is 0 Å². The van der Waals surface area contributed by atoms with Crippen LogP contribution in [0.5, 0.6) is 0 Å². The Hall–Kier alpha value is -1.31. The highest BCUT2D eigenvalue weighted by atomic mass is 16.4. The summed E-state index contributed by atoms with van der Waals surface area (Å²) in [4.78, 5) is 0. The van der Waals surface area contributed by atoms with Crippen molar-refractivity contribution in [2.45, 2.75) is 12.8 Å². The average molecular weight is 213 g/mol. The first-order valence-corrected chi connectivity index (χ1v) is 6.17. The van der Waals surface area contributed by atoms with E-state index in [-0.39, 0.29) is 0 Å². The maximum atomic E-state index is 9.30. The monoisotopic (exact) mass is 213 g/mol. The van der Waals surface area contributed by atoms with Crippen molar-refractivity contribution in [3.8, 4) is 0 Å². The van der Waals surface area contributed by atoms with Gasteiger partial charge in [-0.2, -0.15) is 0 Å². The molecule has 5 rings (SSSR count). The Morgan fingerprint density at radius 1 is 1.12 bits per heavy atom. The molecule has 0 unspecified atom stereocenters. The van der Waals surface area contributed by atoms with Crippen LogP contribution in [0.2, 0.25) is 0 Å². The summed E-state index contributed by atoms with van der Waals surface area (Å²) in [5.41, 5.74) is 2.05. The van der Waals surface area contributed by atoms with Crippen molar-refractivity contribution in [1.82, 2.24) is 0 Å². The minimum atomic E-state index is 0.544. The Bertz CT molecular complexity index is 439. The van der Waals surface area contributed by atoms with Gasteiger partial charge in [-0.1, -0.05) is 35.5 Å². The molecular weight excluding hydrogens is 198 g/mol. The summed E-state index contributed by atoms with van der Waals surface area (Å²) in [5, 5.41) is 12.9. The fourth-order valence-corrected chi connectivity index (χ4v) is 4.41. The number of hydrogen-bond donors (Lipinski definition) is 1. The molecule has 1 aromatic rings. The van der Waals surface area contributed by atoms with Crippen LogP contribution in [0.25, 0.3) is 0 Å². The molecule has 4 aliphatic rings. The van der Waals surface area contributed by atoms with Crippen LogP contribution in [-0.2, 0) is 0 Å². The molecule has 1 aromatic carbocycles. The van der Waals surface area contributed by atoms with Crippen LogP contribution in [0.4, 0.5) is 0 Å². The van der Waals surface area contributed by atoms with Gasteiger partial charge < -0.3 is 5.21 Å². The Kier molecular flexibility index (Phi) is 1.58. The second-order valence-corrected chi connectivity index (χ2v) is 5.51. The van der Waals surface area contributed by atoms with Gasteiger partial charge in [0.2, 0.25) is 0 Å². The van der Waals surface area contributed by atoms with Gasteiger partial charge in [0.15, 0.2) is 0 Å².